The molecular weight excluding hydrogens is 374 g/mol. The van der Waals surface area contributed by atoms with E-state index in [-0.39, 0.29) is 24.2 Å². The minimum atomic E-state index is -0.372. The monoisotopic (exact) mass is 397 g/mol. The third-order valence-corrected chi connectivity index (χ3v) is 6.34. The summed E-state index contributed by atoms with van der Waals surface area (Å²) in [6, 6.07) is 9.15. The molecular formula is C22H23NO4S. The molecule has 0 aliphatic carbocycles. The van der Waals surface area contributed by atoms with Crippen molar-refractivity contribution in [3.63, 3.8) is 0 Å². The van der Waals surface area contributed by atoms with Gasteiger partial charge in [0.2, 0.25) is 0 Å². The van der Waals surface area contributed by atoms with Crippen LogP contribution >= 0.6 is 11.3 Å². The minimum Gasteiger partial charge on any atom is -0.484 e. The smallest absolute Gasteiger partial charge is 0.336 e. The Bertz CT molecular complexity index is 1070. The molecule has 1 amide bonds. The predicted molar refractivity (Wildman–Crippen MR) is 110 cm³/mol. The van der Waals surface area contributed by atoms with Crippen LogP contribution in [-0.4, -0.2) is 24.0 Å². The molecule has 1 aliphatic heterocycles. The van der Waals surface area contributed by atoms with E-state index >= 15 is 0 Å². The second kappa shape index (κ2) is 7.80. The first-order valence-electron chi connectivity index (χ1n) is 9.66. The van der Waals surface area contributed by atoms with E-state index in [9.17, 15) is 9.59 Å². The van der Waals surface area contributed by atoms with E-state index in [2.05, 4.69) is 18.4 Å². The molecule has 3 aromatic rings. The van der Waals surface area contributed by atoms with E-state index in [1.54, 1.807) is 17.4 Å². The molecule has 0 saturated heterocycles. The van der Waals surface area contributed by atoms with Crippen LogP contribution in [0.4, 0.5) is 0 Å². The number of nitrogens with zero attached hydrogens (tertiary/aromatic N) is 1. The maximum Gasteiger partial charge on any atom is 0.336 e. The minimum absolute atomic E-state index is 0.0208. The average Bonchev–Trinajstić information content (AvgIpc) is 3.19. The number of hydrogen-bond donors (Lipinski definition) is 0. The van der Waals surface area contributed by atoms with E-state index in [4.69, 9.17) is 9.15 Å². The molecule has 28 heavy (non-hydrogen) atoms. The first kappa shape index (κ1) is 18.7. The van der Waals surface area contributed by atoms with Gasteiger partial charge in [-0.1, -0.05) is 13.8 Å². The number of benzene rings is 1. The Kier molecular flexibility index (Phi) is 5.22. The van der Waals surface area contributed by atoms with Crippen LogP contribution in [0.5, 0.6) is 5.75 Å². The molecule has 4 rings (SSSR count). The fourth-order valence-corrected chi connectivity index (χ4v) is 4.88. The van der Waals surface area contributed by atoms with Crippen molar-refractivity contribution in [2.24, 2.45) is 0 Å². The van der Waals surface area contributed by atoms with E-state index in [1.807, 2.05) is 24.0 Å². The highest BCUT2D eigenvalue weighted by molar-refractivity contribution is 7.10. The van der Waals surface area contributed by atoms with Crippen LogP contribution in [0.1, 0.15) is 42.3 Å². The van der Waals surface area contributed by atoms with E-state index in [0.29, 0.717) is 11.3 Å². The zero-order chi connectivity index (χ0) is 19.7. The summed E-state index contributed by atoms with van der Waals surface area (Å²) >= 11 is 1.77. The average molecular weight is 397 g/mol. The van der Waals surface area contributed by atoms with Gasteiger partial charge in [-0.3, -0.25) is 4.79 Å². The molecule has 5 nitrogen and oxygen atoms in total. The van der Waals surface area contributed by atoms with Gasteiger partial charge in [-0.25, -0.2) is 4.79 Å². The predicted octanol–water partition coefficient (Wildman–Crippen LogP) is 4.33. The van der Waals surface area contributed by atoms with Crippen molar-refractivity contribution < 1.29 is 13.9 Å². The van der Waals surface area contributed by atoms with Gasteiger partial charge in [-0.05, 0) is 54.0 Å². The van der Waals surface area contributed by atoms with Crippen LogP contribution in [-0.2, 0) is 17.6 Å². The van der Waals surface area contributed by atoms with Crippen LogP contribution in [0.25, 0.3) is 11.0 Å². The summed E-state index contributed by atoms with van der Waals surface area (Å²) in [5.41, 5.74) is 2.33. The van der Waals surface area contributed by atoms with Gasteiger partial charge < -0.3 is 14.1 Å². The SMILES string of the molecule is CCc1cc(=O)oc2cc(OCC(=O)N3CCc4sccc4C3CC)ccc12. The van der Waals surface area contributed by atoms with Gasteiger partial charge in [0.15, 0.2) is 6.61 Å². The van der Waals surface area contributed by atoms with E-state index in [0.717, 1.165) is 36.8 Å². The highest BCUT2D eigenvalue weighted by atomic mass is 32.1. The second-order valence-electron chi connectivity index (χ2n) is 6.95. The number of carbonyl (C=O) groups is 1. The van der Waals surface area contributed by atoms with Crippen molar-refractivity contribution in [1.29, 1.82) is 0 Å². The Morgan fingerprint density at radius 3 is 2.93 bits per heavy atom. The summed E-state index contributed by atoms with van der Waals surface area (Å²) in [5.74, 6) is 0.506. The van der Waals surface area contributed by atoms with Gasteiger partial charge in [0.1, 0.15) is 11.3 Å². The molecule has 0 radical (unpaired) electrons. The van der Waals surface area contributed by atoms with Gasteiger partial charge in [-0.15, -0.1) is 11.3 Å². The van der Waals surface area contributed by atoms with Crippen LogP contribution in [0.2, 0.25) is 0 Å². The molecule has 6 heteroatoms. The summed E-state index contributed by atoms with van der Waals surface area (Å²) in [6.07, 6.45) is 2.53. The normalized spacial score (nSPS) is 16.2. The lowest BCUT2D eigenvalue weighted by molar-refractivity contribution is -0.136. The van der Waals surface area contributed by atoms with Crippen molar-refractivity contribution in [1.82, 2.24) is 4.90 Å². The van der Waals surface area contributed by atoms with Crippen LogP contribution in [0.15, 0.2) is 44.9 Å². The molecule has 146 valence electrons. The number of amides is 1. The first-order chi connectivity index (χ1) is 13.6. The van der Waals surface area contributed by atoms with Gasteiger partial charge in [0.25, 0.3) is 5.91 Å². The number of aryl methyl sites for hydroxylation is 1. The highest BCUT2D eigenvalue weighted by Crippen LogP contribution is 2.35. The Labute approximate surface area is 167 Å². The van der Waals surface area contributed by atoms with Gasteiger partial charge in [0, 0.05) is 28.9 Å². The number of rotatable bonds is 5. The summed E-state index contributed by atoms with van der Waals surface area (Å²) in [7, 11) is 0. The topological polar surface area (TPSA) is 59.8 Å². The zero-order valence-corrected chi connectivity index (χ0v) is 16.9. The maximum atomic E-state index is 12.8. The van der Waals surface area contributed by atoms with E-state index < -0.39 is 0 Å². The third-order valence-electron chi connectivity index (χ3n) is 5.35. The molecule has 0 bridgehead atoms. The number of thiophene rings is 1. The van der Waals surface area contributed by atoms with Crippen molar-refractivity contribution in [3.05, 3.63) is 62.1 Å². The molecule has 0 N–H and O–H groups in total. The zero-order valence-electron chi connectivity index (χ0n) is 16.1. The van der Waals surface area contributed by atoms with Crippen molar-refractivity contribution in [3.8, 4) is 5.75 Å². The second-order valence-corrected chi connectivity index (χ2v) is 7.95. The lowest BCUT2D eigenvalue weighted by Gasteiger charge is -2.35. The van der Waals surface area contributed by atoms with Crippen LogP contribution in [0.3, 0.4) is 0 Å². The van der Waals surface area contributed by atoms with Gasteiger partial charge in [0.05, 0.1) is 6.04 Å². The van der Waals surface area contributed by atoms with Crippen molar-refractivity contribution in [2.45, 2.75) is 39.2 Å². The number of fused-ring (bicyclic) bond motifs is 2. The van der Waals surface area contributed by atoms with Gasteiger partial charge >= 0.3 is 5.63 Å². The summed E-state index contributed by atoms with van der Waals surface area (Å²) in [4.78, 5) is 27.9. The fourth-order valence-electron chi connectivity index (χ4n) is 3.96. The fraction of sp³-hybridized carbons (Fsp3) is 0.364. The molecule has 0 spiro atoms. The Hall–Kier alpha value is -2.60. The number of carbonyl (C=O) groups excluding carboxylic acids is 1. The Morgan fingerprint density at radius 1 is 1.29 bits per heavy atom. The maximum absolute atomic E-state index is 12.8. The molecule has 3 heterocycles. The molecule has 1 aromatic carbocycles. The molecule has 1 aliphatic rings. The third kappa shape index (κ3) is 3.44. The van der Waals surface area contributed by atoms with E-state index in [1.165, 1.54) is 16.5 Å². The lowest BCUT2D eigenvalue weighted by Crippen LogP contribution is -2.41. The molecule has 2 aromatic heterocycles. The van der Waals surface area contributed by atoms with Crippen molar-refractivity contribution in [2.75, 3.05) is 13.2 Å². The summed E-state index contributed by atoms with van der Waals surface area (Å²) < 4.78 is 11.1. The van der Waals surface area contributed by atoms with Crippen molar-refractivity contribution >= 4 is 28.2 Å². The summed E-state index contributed by atoms with van der Waals surface area (Å²) in [6.45, 7) is 4.80. The van der Waals surface area contributed by atoms with Crippen LogP contribution in [0, 0.1) is 0 Å². The number of hydrogen-bond acceptors (Lipinski definition) is 5. The lowest BCUT2D eigenvalue weighted by atomic mass is 9.98. The first-order valence-corrected chi connectivity index (χ1v) is 10.5. The van der Waals surface area contributed by atoms with Crippen LogP contribution < -0.4 is 10.4 Å². The highest BCUT2D eigenvalue weighted by Gasteiger charge is 2.30. The standard InChI is InChI=1S/C22H23NO4S/c1-3-14-11-22(25)27-19-12-15(5-6-16(14)19)26-13-21(24)23-9-7-20-17(8-10-28-20)18(23)4-2/h5-6,8,10-12,18H,3-4,7,9,13H2,1-2H3. The Morgan fingerprint density at radius 2 is 2.14 bits per heavy atom. The Balaban J connectivity index is 1.50. The molecule has 0 fully saturated rings. The molecule has 1 atom stereocenters. The largest absolute Gasteiger partial charge is 0.484 e. The number of ether oxygens (including phenoxy) is 1. The quantitative estimate of drug-likeness (QED) is 0.601. The summed E-state index contributed by atoms with van der Waals surface area (Å²) in [5, 5.41) is 3.00. The molecule has 1 unspecified atom stereocenters. The van der Waals surface area contributed by atoms with Gasteiger partial charge in [-0.2, -0.15) is 0 Å². The molecule has 0 saturated carbocycles.